The Hall–Kier alpha value is -1.93. The first-order valence-electron chi connectivity index (χ1n) is 12.0. The number of hydrogen-bond acceptors (Lipinski definition) is 4. The minimum atomic E-state index is 0. The van der Waals surface area contributed by atoms with Crippen molar-refractivity contribution in [2.75, 3.05) is 32.0 Å². The van der Waals surface area contributed by atoms with E-state index < -0.39 is 0 Å². The number of hydrogen-bond donors (Lipinski definition) is 0. The second-order valence-corrected chi connectivity index (χ2v) is 9.07. The predicted molar refractivity (Wildman–Crippen MR) is 146 cm³/mol. The van der Waals surface area contributed by atoms with Gasteiger partial charge < -0.3 is 9.64 Å². The van der Waals surface area contributed by atoms with Crippen LogP contribution in [0.3, 0.4) is 0 Å². The first-order valence-corrected chi connectivity index (χ1v) is 13.0. The topological polar surface area (TPSA) is 36.3 Å². The Bertz CT molecular complexity index is 840. The molecule has 2 rings (SSSR count). The summed E-state index contributed by atoms with van der Waals surface area (Å²) in [6, 6.07) is 18.7. The third kappa shape index (κ3) is 11.2. The van der Waals surface area contributed by atoms with E-state index >= 15 is 0 Å². The molecule has 2 aromatic carbocycles. The number of likely N-dealkylation sites (N-methyl/N-ethyl adjacent to an activating group) is 1. The van der Waals surface area contributed by atoms with Crippen LogP contribution in [0.4, 0.5) is 0 Å². The summed E-state index contributed by atoms with van der Waals surface area (Å²) in [6.07, 6.45) is 8.55. The number of nitrogens with zero attached hydrogens (tertiary/aromatic N) is 2. The van der Waals surface area contributed by atoms with Gasteiger partial charge in [-0.25, -0.2) is 0 Å². The number of allylic oxidation sites excluding steroid dienone is 1. The van der Waals surface area contributed by atoms with Crippen molar-refractivity contribution in [3.8, 4) is 11.8 Å². The van der Waals surface area contributed by atoms with Crippen molar-refractivity contribution in [1.82, 2.24) is 4.90 Å². The molecule has 0 aromatic heterocycles. The lowest BCUT2D eigenvalue weighted by atomic mass is 10.0. The number of thioether (sulfide) groups is 1. The van der Waals surface area contributed by atoms with Gasteiger partial charge in [-0.05, 0) is 78.9 Å². The van der Waals surface area contributed by atoms with Crippen LogP contribution in [0.1, 0.15) is 64.0 Å². The highest BCUT2D eigenvalue weighted by Gasteiger charge is 2.04. The quantitative estimate of drug-likeness (QED) is 0.111. The lowest BCUT2D eigenvalue weighted by molar-refractivity contribution is 0.223. The van der Waals surface area contributed by atoms with Gasteiger partial charge in [0.1, 0.15) is 12.4 Å². The molecule has 0 aliphatic rings. The Balaban J connectivity index is 0.00000544. The Morgan fingerprint density at radius 2 is 1.61 bits per heavy atom. The highest BCUT2D eigenvalue weighted by atomic mass is 35.5. The van der Waals surface area contributed by atoms with Crippen molar-refractivity contribution < 1.29 is 4.74 Å². The highest BCUT2D eigenvalue weighted by Crippen LogP contribution is 2.24. The smallest absolute Gasteiger partial charge is 0.119 e. The molecule has 0 aliphatic heterocycles. The second-order valence-electron chi connectivity index (χ2n) is 7.90. The Labute approximate surface area is 211 Å². The van der Waals surface area contributed by atoms with Crippen LogP contribution in [0.5, 0.6) is 5.75 Å². The average molecular weight is 487 g/mol. The molecule has 3 nitrogen and oxygen atoms in total. The lowest BCUT2D eigenvalue weighted by Gasteiger charge is -2.18. The third-order valence-corrected chi connectivity index (χ3v) is 6.66. The van der Waals surface area contributed by atoms with Crippen molar-refractivity contribution in [2.45, 2.75) is 57.8 Å². The molecule has 33 heavy (non-hydrogen) atoms. The molecule has 0 bridgehead atoms. The zero-order valence-electron chi connectivity index (χ0n) is 20.4. The molecule has 0 unspecified atom stereocenters. The molecule has 5 heteroatoms. The Kier molecular flexibility index (Phi) is 15.5. The van der Waals surface area contributed by atoms with Gasteiger partial charge in [0, 0.05) is 11.4 Å². The van der Waals surface area contributed by atoms with Gasteiger partial charge in [-0.15, -0.1) is 24.2 Å². The van der Waals surface area contributed by atoms with Crippen LogP contribution in [0.2, 0.25) is 0 Å². The maximum atomic E-state index is 9.67. The van der Waals surface area contributed by atoms with Crippen LogP contribution < -0.4 is 4.74 Å². The maximum absolute atomic E-state index is 9.67. The van der Waals surface area contributed by atoms with Crippen LogP contribution in [0, 0.1) is 11.3 Å². The van der Waals surface area contributed by atoms with Gasteiger partial charge in [0.05, 0.1) is 11.6 Å². The van der Waals surface area contributed by atoms with E-state index in [1.54, 1.807) is 0 Å². The highest BCUT2D eigenvalue weighted by molar-refractivity contribution is 7.99. The van der Waals surface area contributed by atoms with Gasteiger partial charge in [-0.1, -0.05) is 58.6 Å². The number of halogens is 1. The number of nitriles is 1. The molecule has 0 spiro atoms. The van der Waals surface area contributed by atoms with Gasteiger partial charge >= 0.3 is 0 Å². The first-order chi connectivity index (χ1) is 15.7. The fraction of sp³-hybridized carbons (Fsp3) is 0.464. The van der Waals surface area contributed by atoms with E-state index in [9.17, 15) is 5.26 Å². The van der Waals surface area contributed by atoms with Crippen molar-refractivity contribution >= 4 is 35.8 Å². The standard InChI is InChI=1S/C28H38N2OS.ClH/c1-4-7-8-9-10-21-32-28-17-11-24(12-18-28)22-26(23-29)25-13-15-27(16-14-25)31-20-19-30(5-2)6-3;/h11-18,22H,4-10,19-21H2,1-3H3;1H/b26-22+;. The van der Waals surface area contributed by atoms with E-state index in [1.807, 2.05) is 42.1 Å². The Morgan fingerprint density at radius 3 is 2.21 bits per heavy atom. The minimum absolute atomic E-state index is 0. The average Bonchev–Trinajstić information content (AvgIpc) is 2.84. The maximum Gasteiger partial charge on any atom is 0.119 e. The monoisotopic (exact) mass is 486 g/mol. The third-order valence-electron chi connectivity index (χ3n) is 5.56. The minimum Gasteiger partial charge on any atom is -0.492 e. The molecule has 2 aromatic rings. The van der Waals surface area contributed by atoms with E-state index in [2.05, 4.69) is 56.0 Å². The van der Waals surface area contributed by atoms with Gasteiger partial charge in [0.25, 0.3) is 0 Å². The summed E-state index contributed by atoms with van der Waals surface area (Å²) >= 11 is 1.92. The van der Waals surface area contributed by atoms with Gasteiger partial charge in [-0.2, -0.15) is 5.26 Å². The van der Waals surface area contributed by atoms with E-state index in [0.717, 1.165) is 36.5 Å². The normalized spacial score (nSPS) is 11.2. The van der Waals surface area contributed by atoms with E-state index in [4.69, 9.17) is 4.74 Å². The van der Waals surface area contributed by atoms with Crippen molar-refractivity contribution in [3.05, 3.63) is 59.7 Å². The van der Waals surface area contributed by atoms with Crippen LogP contribution >= 0.6 is 24.2 Å². The summed E-state index contributed by atoms with van der Waals surface area (Å²) < 4.78 is 5.85. The van der Waals surface area contributed by atoms with Gasteiger partial charge in [0.2, 0.25) is 0 Å². The van der Waals surface area contributed by atoms with Crippen molar-refractivity contribution in [1.29, 1.82) is 5.26 Å². The summed E-state index contributed by atoms with van der Waals surface area (Å²) in [6.45, 7) is 10.2. The summed E-state index contributed by atoms with van der Waals surface area (Å²) in [5.74, 6) is 2.01. The Morgan fingerprint density at radius 1 is 0.939 bits per heavy atom. The largest absolute Gasteiger partial charge is 0.492 e. The molecular formula is C28H39ClN2OS. The van der Waals surface area contributed by atoms with Crippen LogP contribution in [0.25, 0.3) is 11.6 Å². The van der Waals surface area contributed by atoms with E-state index in [0.29, 0.717) is 12.2 Å². The molecule has 0 atom stereocenters. The number of ether oxygens (including phenoxy) is 1. The van der Waals surface area contributed by atoms with Crippen LogP contribution in [-0.2, 0) is 0 Å². The van der Waals surface area contributed by atoms with Gasteiger partial charge in [0.15, 0.2) is 0 Å². The molecule has 0 fully saturated rings. The fourth-order valence-electron chi connectivity index (χ4n) is 3.47. The van der Waals surface area contributed by atoms with Crippen molar-refractivity contribution in [3.63, 3.8) is 0 Å². The summed E-state index contributed by atoms with van der Waals surface area (Å²) in [5, 5.41) is 9.67. The summed E-state index contributed by atoms with van der Waals surface area (Å²) in [7, 11) is 0. The molecule has 0 aliphatic carbocycles. The zero-order valence-corrected chi connectivity index (χ0v) is 22.0. The molecule has 0 heterocycles. The molecule has 0 radical (unpaired) electrons. The molecule has 0 N–H and O–H groups in total. The second kappa shape index (κ2) is 17.5. The summed E-state index contributed by atoms with van der Waals surface area (Å²) in [4.78, 5) is 3.63. The SMILES string of the molecule is CCCCCCCSc1ccc(/C=C(\C#N)c2ccc(OCCN(CC)CC)cc2)cc1.Cl. The molecule has 180 valence electrons. The van der Waals surface area contributed by atoms with Crippen LogP contribution in [-0.4, -0.2) is 36.9 Å². The molecular weight excluding hydrogens is 448 g/mol. The van der Waals surface area contributed by atoms with Crippen molar-refractivity contribution in [2.24, 2.45) is 0 Å². The number of benzene rings is 2. The van der Waals surface area contributed by atoms with E-state index in [1.165, 1.54) is 42.8 Å². The van der Waals surface area contributed by atoms with Gasteiger partial charge in [-0.3, -0.25) is 0 Å². The molecule has 0 saturated heterocycles. The first kappa shape index (κ1) is 29.1. The number of rotatable bonds is 15. The lowest BCUT2D eigenvalue weighted by Crippen LogP contribution is -2.27. The van der Waals surface area contributed by atoms with Crippen LogP contribution in [0.15, 0.2) is 53.4 Å². The molecule has 0 amide bonds. The number of unbranched alkanes of at least 4 members (excludes halogenated alkanes) is 4. The summed E-state index contributed by atoms with van der Waals surface area (Å²) in [5.41, 5.74) is 2.62. The predicted octanol–water partition coefficient (Wildman–Crippen LogP) is 7.96. The fourth-order valence-corrected chi connectivity index (χ4v) is 4.38. The zero-order chi connectivity index (χ0) is 23.0. The van der Waals surface area contributed by atoms with E-state index in [-0.39, 0.29) is 12.4 Å². The molecule has 0 saturated carbocycles.